The zero-order chi connectivity index (χ0) is 24.8. The van der Waals surface area contributed by atoms with Crippen molar-refractivity contribution < 1.29 is 29.0 Å². The van der Waals surface area contributed by atoms with Gasteiger partial charge in [0, 0.05) is 26.0 Å². The molecule has 1 atom stereocenters. The number of rotatable bonds is 10. The SMILES string of the molecule is COC(CCNC(=O)OCC1c2ccccc2-c2ccccc21)C(=O)NCc1ncc(C(=O)O)s1. The average molecular weight is 496 g/mol. The number of carboxylic acids is 1. The van der Waals surface area contributed by atoms with E-state index in [9.17, 15) is 14.4 Å². The van der Waals surface area contributed by atoms with Gasteiger partial charge in [0.05, 0.1) is 12.7 Å². The van der Waals surface area contributed by atoms with Gasteiger partial charge < -0.3 is 25.2 Å². The molecular weight excluding hydrogens is 470 g/mol. The first kappa shape index (κ1) is 24.4. The van der Waals surface area contributed by atoms with Crippen LogP contribution in [0.3, 0.4) is 0 Å². The molecule has 35 heavy (non-hydrogen) atoms. The van der Waals surface area contributed by atoms with E-state index in [0.29, 0.717) is 5.01 Å². The summed E-state index contributed by atoms with van der Waals surface area (Å²) in [5, 5.41) is 14.8. The number of fused-ring (bicyclic) bond motifs is 3. The molecule has 1 heterocycles. The van der Waals surface area contributed by atoms with Crippen molar-refractivity contribution in [3.05, 3.63) is 75.7 Å². The summed E-state index contributed by atoms with van der Waals surface area (Å²) < 4.78 is 10.7. The highest BCUT2D eigenvalue weighted by Crippen LogP contribution is 2.44. The molecule has 10 heteroatoms. The van der Waals surface area contributed by atoms with E-state index in [2.05, 4.69) is 39.9 Å². The lowest BCUT2D eigenvalue weighted by Crippen LogP contribution is -2.38. The predicted octanol–water partition coefficient (Wildman–Crippen LogP) is 3.40. The molecule has 3 aromatic rings. The summed E-state index contributed by atoms with van der Waals surface area (Å²) in [6, 6.07) is 16.2. The van der Waals surface area contributed by atoms with Crippen molar-refractivity contribution in [2.24, 2.45) is 0 Å². The molecule has 0 saturated carbocycles. The Bertz CT molecular complexity index is 1180. The fraction of sp³-hybridized carbons (Fsp3) is 0.280. The summed E-state index contributed by atoms with van der Waals surface area (Å²) in [7, 11) is 1.41. The minimum absolute atomic E-state index is 0.0295. The lowest BCUT2D eigenvalue weighted by Gasteiger charge is -2.16. The summed E-state index contributed by atoms with van der Waals surface area (Å²) in [5.74, 6) is -1.47. The number of amides is 2. The van der Waals surface area contributed by atoms with E-state index in [1.54, 1.807) is 0 Å². The Morgan fingerprint density at radius 1 is 1.06 bits per heavy atom. The van der Waals surface area contributed by atoms with Gasteiger partial charge in [-0.1, -0.05) is 48.5 Å². The molecule has 1 unspecified atom stereocenters. The van der Waals surface area contributed by atoms with Crippen LogP contribution in [0.25, 0.3) is 11.1 Å². The van der Waals surface area contributed by atoms with Crippen molar-refractivity contribution in [1.82, 2.24) is 15.6 Å². The van der Waals surface area contributed by atoms with Crippen molar-refractivity contribution in [3.63, 3.8) is 0 Å². The number of carbonyl (C=O) groups excluding carboxylic acids is 2. The van der Waals surface area contributed by atoms with E-state index in [0.717, 1.165) is 33.6 Å². The average Bonchev–Trinajstić information content (AvgIpc) is 3.47. The van der Waals surface area contributed by atoms with Crippen LogP contribution in [0.2, 0.25) is 0 Å². The quantitative estimate of drug-likeness (QED) is 0.393. The van der Waals surface area contributed by atoms with E-state index < -0.39 is 18.2 Å². The molecule has 3 N–H and O–H groups in total. The molecule has 0 aliphatic heterocycles. The number of hydrogen-bond acceptors (Lipinski definition) is 7. The third kappa shape index (κ3) is 5.67. The summed E-state index contributed by atoms with van der Waals surface area (Å²) in [4.78, 5) is 39.7. The number of carboxylic acid groups (broad SMARTS) is 1. The Kier molecular flexibility index (Phi) is 7.74. The fourth-order valence-corrected chi connectivity index (χ4v) is 4.77. The van der Waals surface area contributed by atoms with E-state index in [1.807, 2.05) is 24.3 Å². The van der Waals surface area contributed by atoms with Gasteiger partial charge in [0.2, 0.25) is 5.91 Å². The fourth-order valence-electron chi connectivity index (χ4n) is 4.08. The Hall–Kier alpha value is -3.76. The molecule has 0 saturated heterocycles. The van der Waals surface area contributed by atoms with Crippen LogP contribution in [0.4, 0.5) is 4.79 Å². The molecule has 0 radical (unpaired) electrons. The zero-order valence-electron chi connectivity index (χ0n) is 19.0. The Labute approximate surface area is 206 Å². The standard InChI is InChI=1S/C25H25N3O6S/c1-33-20(23(29)28-13-22-27-12-21(35-22)24(30)31)10-11-26-25(32)34-14-19-17-8-4-2-6-15(17)16-7-3-5-9-18(16)19/h2-9,12,19-20H,10-11,13-14H2,1H3,(H,26,32)(H,28,29)(H,30,31). The largest absolute Gasteiger partial charge is 0.477 e. The Morgan fingerprint density at radius 3 is 2.31 bits per heavy atom. The van der Waals surface area contributed by atoms with Gasteiger partial charge in [0.1, 0.15) is 22.6 Å². The minimum atomic E-state index is -1.06. The number of thiazole rings is 1. The molecule has 2 amide bonds. The third-order valence-electron chi connectivity index (χ3n) is 5.77. The van der Waals surface area contributed by atoms with Crippen LogP contribution >= 0.6 is 11.3 Å². The first-order valence-electron chi connectivity index (χ1n) is 11.0. The van der Waals surface area contributed by atoms with Gasteiger partial charge in [0.15, 0.2) is 0 Å². The molecule has 0 spiro atoms. The number of benzene rings is 2. The van der Waals surface area contributed by atoms with Crippen LogP contribution in [0, 0.1) is 0 Å². The maximum Gasteiger partial charge on any atom is 0.407 e. The summed E-state index contributed by atoms with van der Waals surface area (Å²) in [6.07, 6.45) is 0.139. The van der Waals surface area contributed by atoms with Gasteiger partial charge in [-0.2, -0.15) is 0 Å². The zero-order valence-corrected chi connectivity index (χ0v) is 19.8. The van der Waals surface area contributed by atoms with Crippen molar-refractivity contribution in [2.75, 3.05) is 20.3 Å². The van der Waals surface area contributed by atoms with E-state index in [1.165, 1.54) is 13.3 Å². The number of nitrogens with zero attached hydrogens (tertiary/aromatic N) is 1. The number of alkyl carbamates (subject to hydrolysis) is 1. The summed E-state index contributed by atoms with van der Waals surface area (Å²) in [6.45, 7) is 0.486. The number of aromatic carboxylic acids is 1. The van der Waals surface area contributed by atoms with Crippen LogP contribution in [0.5, 0.6) is 0 Å². The lowest BCUT2D eigenvalue weighted by molar-refractivity contribution is -0.131. The van der Waals surface area contributed by atoms with Gasteiger partial charge in [-0.05, 0) is 22.3 Å². The maximum absolute atomic E-state index is 12.4. The molecule has 1 aliphatic rings. The second-order valence-corrected chi connectivity index (χ2v) is 9.02. The maximum atomic E-state index is 12.4. The summed E-state index contributed by atoms with van der Waals surface area (Å²) >= 11 is 0.992. The van der Waals surface area contributed by atoms with Gasteiger partial charge in [-0.25, -0.2) is 14.6 Å². The van der Waals surface area contributed by atoms with Crippen LogP contribution in [0.1, 0.15) is 38.1 Å². The van der Waals surface area contributed by atoms with Crippen LogP contribution in [-0.2, 0) is 20.8 Å². The number of nitrogens with one attached hydrogen (secondary N) is 2. The van der Waals surface area contributed by atoms with Crippen LogP contribution in [-0.4, -0.2) is 54.4 Å². The highest BCUT2D eigenvalue weighted by molar-refractivity contribution is 7.13. The predicted molar refractivity (Wildman–Crippen MR) is 129 cm³/mol. The molecule has 182 valence electrons. The third-order valence-corrected chi connectivity index (χ3v) is 6.76. The van der Waals surface area contributed by atoms with E-state index >= 15 is 0 Å². The molecule has 0 bridgehead atoms. The van der Waals surface area contributed by atoms with Crippen LogP contribution in [0.15, 0.2) is 54.7 Å². The van der Waals surface area contributed by atoms with Crippen molar-refractivity contribution in [1.29, 1.82) is 0 Å². The normalized spacial score (nSPS) is 12.9. The lowest BCUT2D eigenvalue weighted by atomic mass is 9.98. The number of ether oxygens (including phenoxy) is 2. The number of methoxy groups -OCH3 is 1. The number of hydrogen-bond donors (Lipinski definition) is 3. The minimum Gasteiger partial charge on any atom is -0.477 e. The van der Waals surface area contributed by atoms with Crippen LogP contribution < -0.4 is 10.6 Å². The monoisotopic (exact) mass is 495 g/mol. The van der Waals surface area contributed by atoms with E-state index in [4.69, 9.17) is 14.6 Å². The van der Waals surface area contributed by atoms with Crippen molar-refractivity contribution in [2.45, 2.75) is 25.0 Å². The van der Waals surface area contributed by atoms with Crippen molar-refractivity contribution >= 4 is 29.3 Å². The van der Waals surface area contributed by atoms with Gasteiger partial charge in [-0.15, -0.1) is 11.3 Å². The first-order chi connectivity index (χ1) is 17.0. The van der Waals surface area contributed by atoms with Crippen molar-refractivity contribution in [3.8, 4) is 11.1 Å². The molecule has 9 nitrogen and oxygen atoms in total. The molecule has 2 aromatic carbocycles. The van der Waals surface area contributed by atoms with E-state index in [-0.39, 0.29) is 42.8 Å². The van der Waals surface area contributed by atoms with Gasteiger partial charge in [-0.3, -0.25) is 4.79 Å². The number of aromatic nitrogens is 1. The highest BCUT2D eigenvalue weighted by atomic mass is 32.1. The second-order valence-electron chi connectivity index (χ2n) is 7.91. The smallest absolute Gasteiger partial charge is 0.407 e. The summed E-state index contributed by atoms with van der Waals surface area (Å²) in [5.41, 5.74) is 4.58. The first-order valence-corrected chi connectivity index (χ1v) is 11.9. The van der Waals surface area contributed by atoms with Gasteiger partial charge in [0.25, 0.3) is 0 Å². The number of carbonyl (C=O) groups is 3. The topological polar surface area (TPSA) is 127 Å². The Morgan fingerprint density at radius 2 is 1.71 bits per heavy atom. The molecule has 1 aliphatic carbocycles. The molecule has 1 aromatic heterocycles. The molecule has 4 rings (SSSR count). The second kappa shape index (κ2) is 11.1. The highest BCUT2D eigenvalue weighted by Gasteiger charge is 2.29. The van der Waals surface area contributed by atoms with Gasteiger partial charge >= 0.3 is 12.1 Å². The Balaban J connectivity index is 1.23. The molecular formula is C25H25N3O6S. The molecule has 0 fully saturated rings.